The van der Waals surface area contributed by atoms with Crippen LogP contribution < -0.4 is 0 Å². The van der Waals surface area contributed by atoms with E-state index in [1.54, 1.807) is 12.1 Å². The Labute approximate surface area is 128 Å². The highest BCUT2D eigenvalue weighted by Crippen LogP contribution is 2.40. The minimum absolute atomic E-state index is 0.00910. The highest BCUT2D eigenvalue weighted by atomic mass is 32.2. The van der Waals surface area contributed by atoms with Gasteiger partial charge in [0.05, 0.1) is 11.2 Å². The number of carbonyl (C=O) groups is 1. The van der Waals surface area contributed by atoms with E-state index in [4.69, 9.17) is 14.6 Å². The van der Waals surface area contributed by atoms with E-state index in [2.05, 4.69) is 0 Å². The number of aromatic carboxylic acids is 1. The van der Waals surface area contributed by atoms with Gasteiger partial charge in [-0.25, -0.2) is 4.79 Å². The van der Waals surface area contributed by atoms with Gasteiger partial charge >= 0.3 is 5.97 Å². The van der Waals surface area contributed by atoms with Gasteiger partial charge in [0, 0.05) is 30.0 Å². The van der Waals surface area contributed by atoms with Crippen LogP contribution >= 0.6 is 11.8 Å². The molecule has 0 amide bonds. The zero-order valence-corrected chi connectivity index (χ0v) is 12.7. The van der Waals surface area contributed by atoms with Crippen molar-refractivity contribution in [2.24, 2.45) is 0 Å². The minimum atomic E-state index is -0.876. The van der Waals surface area contributed by atoms with E-state index in [0.717, 1.165) is 50.4 Å². The van der Waals surface area contributed by atoms with Crippen LogP contribution in [0.5, 0.6) is 0 Å². The molecule has 2 aliphatic rings. The third-order valence-corrected chi connectivity index (χ3v) is 5.54. The van der Waals surface area contributed by atoms with E-state index in [0.29, 0.717) is 10.8 Å². The van der Waals surface area contributed by atoms with Crippen molar-refractivity contribution < 1.29 is 19.4 Å². The van der Waals surface area contributed by atoms with Crippen molar-refractivity contribution in [1.82, 2.24) is 0 Å². The molecule has 1 unspecified atom stereocenters. The third-order valence-electron chi connectivity index (χ3n) is 4.26. The molecule has 5 heteroatoms. The Bertz CT molecular complexity index is 488. The number of hydrogen-bond donors (Lipinski definition) is 1. The molecule has 0 aromatic heterocycles. The summed E-state index contributed by atoms with van der Waals surface area (Å²) in [5.74, 6) is -0.876. The number of rotatable bonds is 3. The lowest BCUT2D eigenvalue weighted by atomic mass is 9.86. The lowest BCUT2D eigenvalue weighted by Gasteiger charge is -2.43. The van der Waals surface area contributed by atoms with Crippen LogP contribution in [0.15, 0.2) is 29.2 Å². The summed E-state index contributed by atoms with van der Waals surface area (Å²) in [6, 6.07) is 7.16. The molecule has 2 aliphatic heterocycles. The summed E-state index contributed by atoms with van der Waals surface area (Å²) in [5, 5.41) is 9.46. The average Bonchev–Trinajstić information content (AvgIpc) is 2.49. The van der Waals surface area contributed by atoms with Gasteiger partial charge in [-0.1, -0.05) is 0 Å². The van der Waals surface area contributed by atoms with Gasteiger partial charge in [0.1, 0.15) is 0 Å². The summed E-state index contributed by atoms with van der Waals surface area (Å²) >= 11 is 1.84. The molecule has 1 spiro atoms. The number of benzene rings is 1. The van der Waals surface area contributed by atoms with Crippen molar-refractivity contribution in [3.8, 4) is 0 Å². The number of thioether (sulfide) groups is 1. The van der Waals surface area contributed by atoms with E-state index < -0.39 is 5.97 Å². The van der Waals surface area contributed by atoms with E-state index in [9.17, 15) is 4.79 Å². The van der Waals surface area contributed by atoms with Crippen LogP contribution in [0.3, 0.4) is 0 Å². The Kier molecular flexibility index (Phi) is 4.52. The van der Waals surface area contributed by atoms with Gasteiger partial charge in [-0.2, -0.15) is 0 Å². The van der Waals surface area contributed by atoms with Crippen molar-refractivity contribution in [1.29, 1.82) is 0 Å². The third kappa shape index (κ3) is 3.59. The number of hydrogen-bond acceptors (Lipinski definition) is 4. The summed E-state index contributed by atoms with van der Waals surface area (Å²) in [6.45, 7) is 2.40. The number of carboxylic acid groups (broad SMARTS) is 1. The molecule has 2 saturated heterocycles. The van der Waals surface area contributed by atoms with Crippen molar-refractivity contribution in [2.45, 2.75) is 41.4 Å². The molecule has 21 heavy (non-hydrogen) atoms. The maximum absolute atomic E-state index is 10.9. The highest BCUT2D eigenvalue weighted by Gasteiger charge is 2.39. The van der Waals surface area contributed by atoms with Crippen LogP contribution in [-0.4, -0.2) is 41.7 Å². The SMILES string of the molecule is O=C(O)c1ccc(SC2CCOC3(CCOCC3)C2)cc1. The molecule has 0 bridgehead atoms. The Hall–Kier alpha value is -1.04. The molecular weight excluding hydrogens is 288 g/mol. The van der Waals surface area contributed by atoms with Crippen LogP contribution in [-0.2, 0) is 9.47 Å². The lowest BCUT2D eigenvalue weighted by molar-refractivity contribution is -0.131. The van der Waals surface area contributed by atoms with Crippen molar-refractivity contribution >= 4 is 17.7 Å². The topological polar surface area (TPSA) is 55.8 Å². The first-order valence-electron chi connectivity index (χ1n) is 7.39. The average molecular weight is 308 g/mol. The Morgan fingerprint density at radius 3 is 2.57 bits per heavy atom. The summed E-state index contributed by atoms with van der Waals surface area (Å²) in [7, 11) is 0. The summed E-state index contributed by atoms with van der Waals surface area (Å²) in [4.78, 5) is 12.0. The second-order valence-electron chi connectivity index (χ2n) is 5.71. The fraction of sp³-hybridized carbons (Fsp3) is 0.562. The molecule has 3 rings (SSSR count). The first kappa shape index (κ1) is 14.9. The van der Waals surface area contributed by atoms with Crippen molar-refractivity contribution in [3.05, 3.63) is 29.8 Å². The smallest absolute Gasteiger partial charge is 0.335 e. The molecule has 2 fully saturated rings. The molecule has 1 aromatic carbocycles. The summed E-state index contributed by atoms with van der Waals surface area (Å²) < 4.78 is 11.5. The van der Waals surface area contributed by atoms with Crippen LogP contribution in [0.4, 0.5) is 0 Å². The Morgan fingerprint density at radius 1 is 1.19 bits per heavy atom. The number of carboxylic acids is 1. The lowest BCUT2D eigenvalue weighted by Crippen LogP contribution is -2.45. The van der Waals surface area contributed by atoms with E-state index in [1.165, 1.54) is 0 Å². The van der Waals surface area contributed by atoms with Gasteiger partial charge in [0.2, 0.25) is 0 Å². The first-order chi connectivity index (χ1) is 10.2. The van der Waals surface area contributed by atoms with Gasteiger partial charge < -0.3 is 14.6 Å². The first-order valence-corrected chi connectivity index (χ1v) is 8.27. The molecule has 114 valence electrons. The molecule has 0 radical (unpaired) electrons. The standard InChI is InChI=1S/C16H20O4S/c17-15(18)12-1-3-13(4-2-12)21-14-5-8-20-16(11-14)6-9-19-10-7-16/h1-4,14H,5-11H2,(H,17,18). The Morgan fingerprint density at radius 2 is 1.90 bits per heavy atom. The Balaban J connectivity index is 1.62. The van der Waals surface area contributed by atoms with E-state index in [-0.39, 0.29) is 5.60 Å². The molecule has 1 atom stereocenters. The quantitative estimate of drug-likeness (QED) is 0.929. The zero-order chi connectivity index (χ0) is 14.7. The van der Waals surface area contributed by atoms with Gasteiger partial charge in [-0.3, -0.25) is 0 Å². The van der Waals surface area contributed by atoms with Crippen molar-refractivity contribution in [3.63, 3.8) is 0 Å². The fourth-order valence-electron chi connectivity index (χ4n) is 3.04. The molecule has 1 aromatic rings. The molecule has 2 heterocycles. The van der Waals surface area contributed by atoms with Crippen molar-refractivity contribution in [2.75, 3.05) is 19.8 Å². The molecular formula is C16H20O4S. The predicted octanol–water partition coefficient (Wildman–Crippen LogP) is 3.21. The van der Waals surface area contributed by atoms with E-state index in [1.807, 2.05) is 23.9 Å². The number of ether oxygens (including phenoxy) is 2. The van der Waals surface area contributed by atoms with Gasteiger partial charge in [0.25, 0.3) is 0 Å². The van der Waals surface area contributed by atoms with Crippen LogP contribution in [0.1, 0.15) is 36.0 Å². The normalized spacial score (nSPS) is 24.9. The van der Waals surface area contributed by atoms with Gasteiger partial charge in [0.15, 0.2) is 0 Å². The fourth-order valence-corrected chi connectivity index (χ4v) is 4.32. The van der Waals surface area contributed by atoms with Gasteiger partial charge in [-0.05, 0) is 49.9 Å². The molecule has 1 N–H and O–H groups in total. The van der Waals surface area contributed by atoms with Gasteiger partial charge in [-0.15, -0.1) is 11.8 Å². The molecule has 0 aliphatic carbocycles. The highest BCUT2D eigenvalue weighted by molar-refractivity contribution is 8.00. The predicted molar refractivity (Wildman–Crippen MR) is 81.0 cm³/mol. The van der Waals surface area contributed by atoms with Crippen LogP contribution in [0.2, 0.25) is 0 Å². The van der Waals surface area contributed by atoms with Crippen LogP contribution in [0, 0.1) is 0 Å². The second kappa shape index (κ2) is 6.38. The molecule has 0 saturated carbocycles. The second-order valence-corrected chi connectivity index (χ2v) is 7.08. The van der Waals surface area contributed by atoms with E-state index >= 15 is 0 Å². The zero-order valence-electron chi connectivity index (χ0n) is 11.9. The largest absolute Gasteiger partial charge is 0.478 e. The maximum atomic E-state index is 10.9. The summed E-state index contributed by atoms with van der Waals surface area (Å²) in [6.07, 6.45) is 4.08. The monoisotopic (exact) mass is 308 g/mol. The molecule has 4 nitrogen and oxygen atoms in total. The minimum Gasteiger partial charge on any atom is -0.478 e. The van der Waals surface area contributed by atoms with Crippen LogP contribution in [0.25, 0.3) is 0 Å². The summed E-state index contributed by atoms with van der Waals surface area (Å²) in [5.41, 5.74) is 0.349. The maximum Gasteiger partial charge on any atom is 0.335 e.